The highest BCUT2D eigenvalue weighted by atomic mass is 19.1. The van der Waals surface area contributed by atoms with Crippen molar-refractivity contribution in [3.05, 3.63) is 333 Å². The summed E-state index contributed by atoms with van der Waals surface area (Å²) < 4.78 is 27.0. The summed E-state index contributed by atoms with van der Waals surface area (Å²) in [6.45, 7) is 0. The molecule has 0 saturated heterocycles. The maximum atomic E-state index is 20.5. The van der Waals surface area contributed by atoms with Crippen molar-refractivity contribution in [1.29, 1.82) is 5.26 Å². The van der Waals surface area contributed by atoms with Crippen LogP contribution >= 0.6 is 0 Å². The van der Waals surface area contributed by atoms with Crippen molar-refractivity contribution < 1.29 is 4.39 Å². The lowest BCUT2D eigenvalue weighted by Gasteiger charge is -2.26. The lowest BCUT2D eigenvalue weighted by atomic mass is 9.95. The first-order chi connectivity index (χ1) is 44.5. The molecule has 90 heavy (non-hydrogen) atoms. The lowest BCUT2D eigenvalue weighted by molar-refractivity contribution is 0.622. The standard InChI is InChI=1S/C85H53FN4/c86-82-81(61-34-20-7-21-35-61)85(90-79-46-40-66(59-30-16-5-17-31-59)52-72(79)73-53-67(41-47-80(73)90)60-32-18-6-19-33-60)84(89-77-44-38-64(57-26-12-3-13-27-57)50-70(77)71-51-65(39-45-78(71)89)58-28-14-4-15-29-58)74(54-87)83(82)88-75-42-36-62(55-22-8-1-9-23-55)48-68(75)69-49-63(37-43-76(69)88)56-24-10-2-11-25-56/h1-53H. The molecule has 0 N–H and O–H groups in total. The van der Waals surface area contributed by atoms with Gasteiger partial charge in [0.2, 0.25) is 0 Å². The fraction of sp³-hybridized carbons (Fsp3) is 0. The van der Waals surface area contributed by atoms with E-state index in [0.717, 1.165) is 132 Å². The molecule has 17 aromatic rings. The van der Waals surface area contributed by atoms with Crippen LogP contribution in [0, 0.1) is 17.1 Å². The third-order valence-corrected chi connectivity index (χ3v) is 18.1. The average Bonchev–Trinajstić information content (AvgIpc) is 1.55. The first kappa shape index (κ1) is 52.2. The zero-order valence-corrected chi connectivity index (χ0v) is 48.8. The summed E-state index contributed by atoms with van der Waals surface area (Å²) in [7, 11) is 0. The Morgan fingerprint density at radius 2 is 0.433 bits per heavy atom. The molecule has 0 fully saturated rings. The molecule has 0 atom stereocenters. The van der Waals surface area contributed by atoms with Gasteiger partial charge in [0.1, 0.15) is 17.3 Å². The van der Waals surface area contributed by atoms with Gasteiger partial charge in [-0.05, 0) is 145 Å². The summed E-state index contributed by atoms with van der Waals surface area (Å²) in [5.74, 6) is -0.523. The van der Waals surface area contributed by atoms with Crippen molar-refractivity contribution in [2.75, 3.05) is 0 Å². The van der Waals surface area contributed by atoms with Crippen molar-refractivity contribution in [1.82, 2.24) is 13.7 Å². The maximum Gasteiger partial charge on any atom is 0.158 e. The number of halogens is 1. The number of aromatic nitrogens is 3. The molecule has 0 spiro atoms. The van der Waals surface area contributed by atoms with Gasteiger partial charge in [-0.15, -0.1) is 0 Å². The Morgan fingerprint density at radius 1 is 0.222 bits per heavy atom. The predicted molar refractivity (Wildman–Crippen MR) is 372 cm³/mol. The van der Waals surface area contributed by atoms with Crippen molar-refractivity contribution >= 4 is 65.4 Å². The lowest BCUT2D eigenvalue weighted by Crippen LogP contribution is -2.14. The van der Waals surface area contributed by atoms with Crippen LogP contribution in [0.15, 0.2) is 322 Å². The Labute approximate surface area is 519 Å². The van der Waals surface area contributed by atoms with Gasteiger partial charge >= 0.3 is 0 Å². The third kappa shape index (κ3) is 8.49. The van der Waals surface area contributed by atoms with E-state index in [0.29, 0.717) is 22.5 Å². The van der Waals surface area contributed by atoms with Crippen LogP contribution in [0.4, 0.5) is 4.39 Å². The molecule has 14 aromatic carbocycles. The number of nitrogens with zero attached hydrogens (tertiary/aromatic N) is 4. The quantitative estimate of drug-likeness (QED) is 0.134. The van der Waals surface area contributed by atoms with Gasteiger partial charge < -0.3 is 13.7 Å². The van der Waals surface area contributed by atoms with Crippen LogP contribution in [0.2, 0.25) is 0 Å². The minimum Gasteiger partial charge on any atom is -0.306 e. The Bertz CT molecular complexity index is 5400. The second kappa shape index (κ2) is 21.4. The number of benzene rings is 14. The second-order valence-corrected chi connectivity index (χ2v) is 23.2. The van der Waals surface area contributed by atoms with Gasteiger partial charge in [0, 0.05) is 37.9 Å². The van der Waals surface area contributed by atoms with E-state index in [-0.39, 0.29) is 11.3 Å². The highest BCUT2D eigenvalue weighted by Gasteiger charge is 2.34. The van der Waals surface area contributed by atoms with Crippen LogP contribution in [-0.4, -0.2) is 13.7 Å². The summed E-state index contributed by atoms with van der Waals surface area (Å²) in [5, 5.41) is 18.6. The molecule has 5 heteroatoms. The first-order valence-corrected chi connectivity index (χ1v) is 30.5. The molecule has 3 heterocycles. The molecule has 17 rings (SSSR count). The van der Waals surface area contributed by atoms with E-state index in [2.05, 4.69) is 270 Å². The predicted octanol–water partition coefficient (Wildman–Crippen LogP) is 22.7. The van der Waals surface area contributed by atoms with E-state index in [1.54, 1.807) is 0 Å². The molecule has 0 aliphatic heterocycles. The van der Waals surface area contributed by atoms with Gasteiger partial charge in [-0.1, -0.05) is 249 Å². The number of hydrogen-bond donors (Lipinski definition) is 0. The Morgan fingerprint density at radius 3 is 0.667 bits per heavy atom. The van der Waals surface area contributed by atoms with Crippen molar-refractivity contribution in [3.63, 3.8) is 0 Å². The van der Waals surface area contributed by atoms with Crippen molar-refractivity contribution in [2.24, 2.45) is 0 Å². The van der Waals surface area contributed by atoms with Crippen LogP contribution in [-0.2, 0) is 0 Å². The summed E-state index contributed by atoms with van der Waals surface area (Å²) in [6, 6.07) is 115. The Hall–Kier alpha value is -12.1. The summed E-state index contributed by atoms with van der Waals surface area (Å²) >= 11 is 0. The smallest absolute Gasteiger partial charge is 0.158 e. The molecule has 3 aromatic heterocycles. The van der Waals surface area contributed by atoms with Gasteiger partial charge in [0.05, 0.1) is 44.5 Å². The van der Waals surface area contributed by atoms with Crippen LogP contribution in [0.25, 0.3) is 160 Å². The molecule has 0 saturated carbocycles. The molecule has 0 amide bonds. The van der Waals surface area contributed by atoms with Crippen LogP contribution in [0.5, 0.6) is 0 Å². The SMILES string of the molecule is N#Cc1c(-n2c3ccc(-c4ccccc4)cc3c3cc(-c4ccccc4)ccc32)c(F)c(-c2ccccc2)c(-n2c3ccc(-c4ccccc4)cc3c3cc(-c4ccccc4)ccc32)c1-n1c2ccc(-c3ccccc3)cc2c2cc(-c3ccccc3)ccc21. The average molecular weight is 1150 g/mol. The van der Waals surface area contributed by atoms with Gasteiger partial charge in [0.25, 0.3) is 0 Å². The highest BCUT2D eigenvalue weighted by Crippen LogP contribution is 2.50. The zero-order chi connectivity index (χ0) is 59.8. The zero-order valence-electron chi connectivity index (χ0n) is 48.8. The normalized spacial score (nSPS) is 11.6. The molecule has 0 radical (unpaired) electrons. The molecule has 420 valence electrons. The maximum absolute atomic E-state index is 20.5. The highest BCUT2D eigenvalue weighted by molar-refractivity contribution is 6.17. The molecule has 0 aliphatic carbocycles. The van der Waals surface area contributed by atoms with Crippen LogP contribution in [0.1, 0.15) is 5.56 Å². The molecule has 0 bridgehead atoms. The minimum atomic E-state index is -0.523. The molecular formula is C85H53FN4. The molecule has 0 unspecified atom stereocenters. The van der Waals surface area contributed by atoms with Gasteiger partial charge in [0.15, 0.2) is 5.82 Å². The van der Waals surface area contributed by atoms with E-state index >= 15 is 4.39 Å². The fourth-order valence-corrected chi connectivity index (χ4v) is 14.0. The third-order valence-electron chi connectivity index (χ3n) is 18.1. The molecule has 0 aliphatic rings. The van der Waals surface area contributed by atoms with E-state index in [1.807, 2.05) is 71.3 Å². The van der Waals surface area contributed by atoms with Crippen molar-refractivity contribution in [2.45, 2.75) is 0 Å². The number of fused-ring (bicyclic) bond motifs is 9. The topological polar surface area (TPSA) is 38.6 Å². The monoisotopic (exact) mass is 1150 g/mol. The minimum absolute atomic E-state index is 0.158. The van der Waals surface area contributed by atoms with Gasteiger partial charge in [-0.3, -0.25) is 0 Å². The molecular weight excluding hydrogens is 1100 g/mol. The largest absolute Gasteiger partial charge is 0.306 e. The van der Waals surface area contributed by atoms with E-state index in [4.69, 9.17) is 0 Å². The second-order valence-electron chi connectivity index (χ2n) is 23.2. The number of hydrogen-bond acceptors (Lipinski definition) is 1. The summed E-state index contributed by atoms with van der Waals surface area (Å²) in [6.07, 6.45) is 0. The fourth-order valence-electron chi connectivity index (χ4n) is 14.0. The summed E-state index contributed by atoms with van der Waals surface area (Å²) in [5.41, 5.74) is 20.2. The van der Waals surface area contributed by atoms with Gasteiger partial charge in [-0.25, -0.2) is 4.39 Å². The Kier molecular flexibility index (Phi) is 12.4. The Balaban J connectivity index is 1.08. The summed E-state index contributed by atoms with van der Waals surface area (Å²) in [4.78, 5) is 0. The first-order valence-electron chi connectivity index (χ1n) is 30.5. The van der Waals surface area contributed by atoms with Crippen molar-refractivity contribution in [3.8, 4) is 101 Å². The van der Waals surface area contributed by atoms with Gasteiger partial charge in [-0.2, -0.15) is 5.26 Å². The van der Waals surface area contributed by atoms with E-state index in [9.17, 15) is 5.26 Å². The number of rotatable bonds is 10. The van der Waals surface area contributed by atoms with E-state index in [1.165, 1.54) is 0 Å². The van der Waals surface area contributed by atoms with Crippen LogP contribution < -0.4 is 0 Å². The molecule has 4 nitrogen and oxygen atoms in total. The number of nitriles is 1. The van der Waals surface area contributed by atoms with E-state index < -0.39 is 5.82 Å². The van der Waals surface area contributed by atoms with Crippen LogP contribution in [0.3, 0.4) is 0 Å².